The summed E-state index contributed by atoms with van der Waals surface area (Å²) in [5.74, 6) is 0.416. The molecule has 81 heavy (non-hydrogen) atoms. The maximum Gasteiger partial charge on any atom is 0.407 e. The topological polar surface area (TPSA) is 218 Å². The lowest BCUT2D eigenvalue weighted by Gasteiger charge is -2.47. The minimum atomic E-state index is -5.23. The first kappa shape index (κ1) is 61.3. The third-order valence-corrected chi connectivity index (χ3v) is 14.7. The number of hydrogen-bond acceptors (Lipinski definition) is 14. The fraction of sp³-hybridized carbons (Fsp3) is 0.519. The molecule has 3 aliphatic rings. The maximum atomic E-state index is 16.0. The molecule has 2 bridgehead atoms. The Morgan fingerprint density at radius 1 is 0.778 bits per heavy atom. The number of alkyl carbamates (subject to hydrolysis) is 2. The summed E-state index contributed by atoms with van der Waals surface area (Å²) in [6.45, 7) is -0.0927. The number of benzene rings is 2. The Hall–Kier alpha value is -7.29. The van der Waals surface area contributed by atoms with Gasteiger partial charge in [0.1, 0.15) is 23.7 Å². The Balaban J connectivity index is 1.18. The first-order valence-electron chi connectivity index (χ1n) is 25.2. The Morgan fingerprint density at radius 2 is 1.31 bits per heavy atom. The molecule has 5 heterocycles. The van der Waals surface area contributed by atoms with Crippen LogP contribution in [0.4, 0.5) is 59.4 Å². The molecule has 7 rings (SSSR count). The van der Waals surface area contributed by atoms with Crippen LogP contribution in [0.5, 0.6) is 0 Å². The van der Waals surface area contributed by atoms with Crippen molar-refractivity contribution >= 4 is 29.9 Å². The Kier molecular flexibility index (Phi) is 18.8. The van der Waals surface area contributed by atoms with E-state index in [1.165, 1.54) is 24.3 Å². The van der Waals surface area contributed by atoms with Gasteiger partial charge in [0, 0.05) is 73.5 Å². The smallest absolute Gasteiger partial charge is 0.407 e. The number of anilines is 1. The second kappa shape index (κ2) is 24.8. The van der Waals surface area contributed by atoms with Crippen LogP contribution >= 0.6 is 0 Å². The summed E-state index contributed by atoms with van der Waals surface area (Å²) >= 11 is 0. The summed E-state index contributed by atoms with van der Waals surface area (Å²) in [5, 5.41) is 18.5. The number of piperazine rings is 1. The molecule has 3 fully saturated rings. The number of methoxy groups -OCH3 is 2. The fourth-order valence-corrected chi connectivity index (χ4v) is 9.55. The standard InChI is InChI=1S/C52H59F10N11O8/c1-49(2,51(57,58)59)41(67-47(77)79-5)43(75)66-38(15-29-10-7-28(8-11-29)9-12-30-18-63-46(64-19-30)70-20-32-13-14-33(21-70)73(32)34-25-81-26-34)40(74)24-72(69-44(76)42(68-48(78)80-6)50(3,4)52(60,61)62)22-35-36(53)16-31(17-37(35)54)39-23-71(27-65-39)45(55)56/h7-8,10-11,16-19,23,27,32-34,38,40-42,45,74H,13-15,20-22,24-26H2,1-6H3,(H,66,75)(H,67,77)(H,68,78)(H,69,76)/t32?,33?,38-,40-,41+,42+/m0/s1. The highest BCUT2D eigenvalue weighted by Crippen LogP contribution is 2.42. The SMILES string of the molecule is COC(=O)N[C@H](C(=O)N[C@@H](Cc1ccc(C#Cc2cnc(N3CC4CCC(C3)N4C3COC3)nc2)cc1)[C@@H](O)CN(Cc1c(F)cc(-c2cn(C(F)F)cn2)cc1F)NC(=O)[C@@H](NC(=O)OC)C(C)(C)C(F)(F)F)C(C)(C)C(F)(F)F. The predicted octanol–water partition coefficient (Wildman–Crippen LogP) is 6.01. The van der Waals surface area contributed by atoms with E-state index in [0.717, 1.165) is 59.6 Å². The van der Waals surface area contributed by atoms with E-state index in [2.05, 4.69) is 51.4 Å². The maximum absolute atomic E-state index is 16.0. The van der Waals surface area contributed by atoms with E-state index in [1.54, 1.807) is 17.7 Å². The van der Waals surface area contributed by atoms with E-state index in [4.69, 9.17) is 4.74 Å². The van der Waals surface area contributed by atoms with Crippen molar-refractivity contribution in [3.05, 3.63) is 95.2 Å². The number of hydrazine groups is 1. The van der Waals surface area contributed by atoms with Gasteiger partial charge in [-0.25, -0.2) is 38.3 Å². The van der Waals surface area contributed by atoms with Gasteiger partial charge in [0.15, 0.2) is 0 Å². The molecule has 0 radical (unpaired) electrons. The quantitative estimate of drug-likeness (QED) is 0.0413. The average Bonchev–Trinajstić information content (AvgIpc) is 4.26. The summed E-state index contributed by atoms with van der Waals surface area (Å²) in [6.07, 6.45) is -9.26. The van der Waals surface area contributed by atoms with Crippen molar-refractivity contribution in [1.82, 2.24) is 50.8 Å². The van der Waals surface area contributed by atoms with E-state index < -0.39 is 115 Å². The molecule has 2 unspecified atom stereocenters. The number of ether oxygens (including phenoxy) is 3. The van der Waals surface area contributed by atoms with Crippen LogP contribution in [0.2, 0.25) is 0 Å². The Labute approximate surface area is 458 Å². The number of imidazole rings is 1. The number of hydrogen-bond donors (Lipinski definition) is 5. The van der Waals surface area contributed by atoms with Crippen molar-refractivity contribution in [2.24, 2.45) is 10.8 Å². The van der Waals surface area contributed by atoms with Crippen molar-refractivity contribution in [1.29, 1.82) is 0 Å². The van der Waals surface area contributed by atoms with E-state index in [9.17, 15) is 59.4 Å². The average molecular weight is 1160 g/mol. The van der Waals surface area contributed by atoms with Crippen molar-refractivity contribution in [2.45, 2.75) is 115 Å². The van der Waals surface area contributed by atoms with Gasteiger partial charge >= 0.3 is 31.1 Å². The van der Waals surface area contributed by atoms with E-state index in [-0.39, 0.29) is 16.8 Å². The zero-order chi connectivity index (χ0) is 59.4. The van der Waals surface area contributed by atoms with Gasteiger partial charge in [0.05, 0.1) is 74.0 Å². The molecule has 4 amide bonds. The normalized spacial score (nSPS) is 18.5. The summed E-state index contributed by atoms with van der Waals surface area (Å²) in [7, 11) is 1.60. The first-order chi connectivity index (χ1) is 38.0. The van der Waals surface area contributed by atoms with Crippen LogP contribution in [0, 0.1) is 34.3 Å². The Morgan fingerprint density at radius 3 is 1.79 bits per heavy atom. The molecular weight excluding hydrogens is 1100 g/mol. The largest absolute Gasteiger partial charge is 0.453 e. The van der Waals surface area contributed by atoms with Gasteiger partial charge in [-0.2, -0.15) is 35.1 Å². The molecule has 2 aromatic heterocycles. The highest BCUT2D eigenvalue weighted by atomic mass is 19.4. The lowest BCUT2D eigenvalue weighted by molar-refractivity contribution is -0.221. The molecule has 0 spiro atoms. The van der Waals surface area contributed by atoms with Crippen molar-refractivity contribution in [2.75, 3.05) is 52.0 Å². The van der Waals surface area contributed by atoms with Gasteiger partial charge in [-0.3, -0.25) is 24.5 Å². The molecule has 6 atom stereocenters. The molecular formula is C52H59F10N11O8. The van der Waals surface area contributed by atoms with E-state index in [1.807, 2.05) is 10.7 Å². The zero-order valence-electron chi connectivity index (χ0n) is 44.5. The van der Waals surface area contributed by atoms with Crippen molar-refractivity contribution < 1.29 is 82.4 Å². The molecule has 4 aromatic rings. The van der Waals surface area contributed by atoms with Gasteiger partial charge < -0.3 is 40.2 Å². The molecule has 29 heteroatoms. The van der Waals surface area contributed by atoms with Crippen LogP contribution in [-0.2, 0) is 36.8 Å². The number of nitrogens with one attached hydrogen (secondary N) is 4. The van der Waals surface area contributed by atoms with Gasteiger partial charge in [0.2, 0.25) is 11.9 Å². The van der Waals surface area contributed by atoms with Crippen LogP contribution < -0.4 is 26.3 Å². The second-order valence-corrected chi connectivity index (χ2v) is 20.9. The van der Waals surface area contributed by atoms with Crippen LogP contribution in [0.25, 0.3) is 11.3 Å². The second-order valence-electron chi connectivity index (χ2n) is 20.9. The monoisotopic (exact) mass is 1160 g/mol. The molecule has 19 nitrogen and oxygen atoms in total. The van der Waals surface area contributed by atoms with Crippen LogP contribution in [0.1, 0.15) is 69.3 Å². The number of carbonyl (C=O) groups is 4. The number of rotatable bonds is 19. The number of halogens is 10. The number of alkyl halides is 8. The number of nitrogens with zero attached hydrogens (tertiary/aromatic N) is 7. The van der Waals surface area contributed by atoms with Gasteiger partial charge in [0.25, 0.3) is 5.91 Å². The van der Waals surface area contributed by atoms with Gasteiger partial charge in [-0.15, -0.1) is 0 Å². The minimum absolute atomic E-state index is 0.260. The molecule has 0 aliphatic carbocycles. The molecule has 440 valence electrons. The van der Waals surface area contributed by atoms with Crippen molar-refractivity contribution in [3.63, 3.8) is 0 Å². The zero-order valence-corrected chi connectivity index (χ0v) is 44.5. The van der Waals surface area contributed by atoms with E-state index in [0.29, 0.717) is 90.9 Å². The number of carbonyl (C=O) groups excluding carboxylic acids is 4. The highest BCUT2D eigenvalue weighted by molar-refractivity contribution is 5.87. The summed E-state index contributed by atoms with van der Waals surface area (Å²) in [6, 6.07) is 1.68. The third-order valence-electron chi connectivity index (χ3n) is 14.7. The van der Waals surface area contributed by atoms with Gasteiger partial charge in [-0.05, 0) is 76.8 Å². The Bertz CT molecular complexity index is 2910. The third kappa shape index (κ3) is 14.3. The molecule has 0 saturated carbocycles. The van der Waals surface area contributed by atoms with Crippen molar-refractivity contribution in [3.8, 4) is 23.1 Å². The summed E-state index contributed by atoms with van der Waals surface area (Å²) in [4.78, 5) is 70.4. The number of amides is 4. The number of fused-ring (bicyclic) bond motifs is 2. The first-order valence-corrected chi connectivity index (χ1v) is 25.2. The van der Waals surface area contributed by atoms with E-state index >= 15 is 8.78 Å². The minimum Gasteiger partial charge on any atom is -0.453 e. The van der Waals surface area contributed by atoms with Crippen LogP contribution in [0.15, 0.2) is 61.3 Å². The van der Waals surface area contributed by atoms with Gasteiger partial charge in [-0.1, -0.05) is 24.0 Å². The fourth-order valence-electron chi connectivity index (χ4n) is 9.55. The lowest BCUT2D eigenvalue weighted by Crippen LogP contribution is -2.63. The molecule has 5 N–H and O–H groups in total. The van der Waals surface area contributed by atoms with Crippen LogP contribution in [0.3, 0.4) is 0 Å². The summed E-state index contributed by atoms with van der Waals surface area (Å²) < 4.78 is 161. The predicted molar refractivity (Wildman–Crippen MR) is 267 cm³/mol. The summed E-state index contributed by atoms with van der Waals surface area (Å²) in [5.41, 5.74) is -4.59. The molecule has 3 aliphatic heterocycles. The number of aliphatic hydroxyl groups is 1. The molecule has 2 aromatic carbocycles. The molecule has 3 saturated heterocycles. The number of aromatic nitrogens is 4. The van der Waals surface area contributed by atoms with Crippen LogP contribution in [-0.4, -0.2) is 160 Å². The highest BCUT2D eigenvalue weighted by Gasteiger charge is 2.57. The lowest BCUT2D eigenvalue weighted by atomic mass is 9.82. The number of aliphatic hydroxyl groups excluding tert-OH is 1.